The predicted molar refractivity (Wildman–Crippen MR) is 87.9 cm³/mol. The van der Waals surface area contributed by atoms with E-state index in [-0.39, 0.29) is 29.7 Å². The molecule has 3 fully saturated rings. The van der Waals surface area contributed by atoms with Gasteiger partial charge >= 0.3 is 11.9 Å². The lowest BCUT2D eigenvalue weighted by Gasteiger charge is -2.49. The second kappa shape index (κ2) is 6.68. The zero-order valence-electron chi connectivity index (χ0n) is 14.2. The van der Waals surface area contributed by atoms with E-state index in [4.69, 9.17) is 9.15 Å². The number of nitrogens with zero attached hydrogens (tertiary/aromatic N) is 2. The Labute approximate surface area is 149 Å². The standard InChI is InChI=1S/C18H19F2N3O3/c1-10-16(11-4-6-23(10)7-5-11)22-17(24)18-21-9-15(26-18)25-12-2-3-13(19)14(20)8-12/h2-3,8-11,16H,4-7H2,1H3,(H,22,24). The van der Waals surface area contributed by atoms with Gasteiger partial charge in [-0.1, -0.05) is 0 Å². The fourth-order valence-electron chi connectivity index (χ4n) is 3.83. The van der Waals surface area contributed by atoms with Gasteiger partial charge in [0.05, 0.1) is 0 Å². The lowest BCUT2D eigenvalue weighted by atomic mass is 9.79. The van der Waals surface area contributed by atoms with Crippen LogP contribution < -0.4 is 10.1 Å². The Kier molecular flexibility index (Phi) is 4.36. The highest BCUT2D eigenvalue weighted by molar-refractivity contribution is 5.90. The number of aromatic nitrogens is 1. The zero-order valence-corrected chi connectivity index (χ0v) is 14.2. The molecule has 2 atom stereocenters. The summed E-state index contributed by atoms with van der Waals surface area (Å²) in [6.07, 6.45) is 3.38. The number of hydrogen-bond donors (Lipinski definition) is 1. The van der Waals surface area contributed by atoms with E-state index in [1.807, 2.05) is 0 Å². The van der Waals surface area contributed by atoms with Gasteiger partial charge in [0.2, 0.25) is 0 Å². The summed E-state index contributed by atoms with van der Waals surface area (Å²) < 4.78 is 36.7. The van der Waals surface area contributed by atoms with Gasteiger partial charge in [-0.25, -0.2) is 13.8 Å². The van der Waals surface area contributed by atoms with Crippen molar-refractivity contribution < 1.29 is 22.7 Å². The Bertz CT molecular complexity index is 816. The summed E-state index contributed by atoms with van der Waals surface area (Å²) in [5, 5.41) is 3.01. The van der Waals surface area contributed by atoms with Gasteiger partial charge in [-0.05, 0) is 50.9 Å². The van der Waals surface area contributed by atoms with Crippen molar-refractivity contribution in [1.29, 1.82) is 0 Å². The van der Waals surface area contributed by atoms with Crippen LogP contribution in [0, 0.1) is 17.6 Å². The Morgan fingerprint density at radius 1 is 1.31 bits per heavy atom. The molecule has 2 unspecified atom stereocenters. The lowest BCUT2D eigenvalue weighted by Crippen LogP contribution is -2.62. The van der Waals surface area contributed by atoms with Gasteiger partial charge in [0, 0.05) is 18.2 Å². The SMILES string of the molecule is CC1C(NC(=O)c2ncc(Oc3ccc(F)c(F)c3)o2)C2CCN1CC2. The molecule has 3 saturated heterocycles. The number of halogens is 2. The van der Waals surface area contributed by atoms with Crippen LogP contribution in [0.25, 0.3) is 0 Å². The van der Waals surface area contributed by atoms with Crippen molar-refractivity contribution in [3.8, 4) is 11.7 Å². The van der Waals surface area contributed by atoms with Crippen molar-refractivity contribution in [1.82, 2.24) is 15.2 Å². The smallest absolute Gasteiger partial charge is 0.311 e. The van der Waals surface area contributed by atoms with Crippen molar-refractivity contribution in [2.75, 3.05) is 13.1 Å². The van der Waals surface area contributed by atoms with Crippen LogP contribution in [-0.2, 0) is 0 Å². The number of oxazole rings is 1. The van der Waals surface area contributed by atoms with E-state index in [2.05, 4.69) is 22.1 Å². The molecule has 1 aromatic heterocycles. The van der Waals surface area contributed by atoms with Crippen LogP contribution in [0.3, 0.4) is 0 Å². The van der Waals surface area contributed by atoms with Gasteiger partial charge in [-0.3, -0.25) is 9.69 Å². The number of nitrogens with one attached hydrogen (secondary N) is 1. The first-order valence-corrected chi connectivity index (χ1v) is 8.65. The summed E-state index contributed by atoms with van der Waals surface area (Å²) in [4.78, 5) is 18.7. The van der Waals surface area contributed by atoms with Gasteiger partial charge in [0.25, 0.3) is 5.89 Å². The van der Waals surface area contributed by atoms with Crippen LogP contribution in [-0.4, -0.2) is 41.0 Å². The third-order valence-electron chi connectivity index (χ3n) is 5.26. The zero-order chi connectivity index (χ0) is 18.3. The Hall–Kier alpha value is -2.48. The second-order valence-corrected chi connectivity index (χ2v) is 6.78. The number of carbonyl (C=O) groups excluding carboxylic acids is 1. The minimum absolute atomic E-state index is 0.0537. The summed E-state index contributed by atoms with van der Waals surface area (Å²) in [7, 11) is 0. The lowest BCUT2D eigenvalue weighted by molar-refractivity contribution is 0.0209. The molecule has 1 aromatic carbocycles. The summed E-state index contributed by atoms with van der Waals surface area (Å²) >= 11 is 0. The summed E-state index contributed by atoms with van der Waals surface area (Å²) in [6.45, 7) is 4.26. The van der Waals surface area contributed by atoms with Crippen LogP contribution in [0.1, 0.15) is 30.5 Å². The topological polar surface area (TPSA) is 67.6 Å². The molecule has 5 rings (SSSR count). The minimum Gasteiger partial charge on any atom is -0.425 e. The van der Waals surface area contributed by atoms with Crippen molar-refractivity contribution in [2.45, 2.75) is 31.8 Å². The normalized spacial score (nSPS) is 27.3. The van der Waals surface area contributed by atoms with Crippen LogP contribution >= 0.6 is 0 Å². The molecule has 0 saturated carbocycles. The highest BCUT2D eigenvalue weighted by Crippen LogP contribution is 2.32. The maximum Gasteiger partial charge on any atom is 0.311 e. The van der Waals surface area contributed by atoms with E-state index in [1.54, 1.807) is 0 Å². The van der Waals surface area contributed by atoms with E-state index in [9.17, 15) is 13.6 Å². The molecule has 0 radical (unpaired) electrons. The molecule has 6 nitrogen and oxygen atoms in total. The van der Waals surface area contributed by atoms with E-state index >= 15 is 0 Å². The highest BCUT2D eigenvalue weighted by atomic mass is 19.2. The Balaban J connectivity index is 1.42. The molecule has 0 aliphatic carbocycles. The third kappa shape index (κ3) is 3.16. The third-order valence-corrected chi connectivity index (χ3v) is 5.26. The van der Waals surface area contributed by atoms with Gasteiger partial charge in [-0.15, -0.1) is 0 Å². The molecule has 138 valence electrons. The second-order valence-electron chi connectivity index (χ2n) is 6.78. The van der Waals surface area contributed by atoms with Gasteiger partial charge in [0.15, 0.2) is 11.6 Å². The molecule has 8 heteroatoms. The van der Waals surface area contributed by atoms with E-state index in [1.165, 1.54) is 12.3 Å². The van der Waals surface area contributed by atoms with Gasteiger partial charge in [0.1, 0.15) is 11.9 Å². The quantitative estimate of drug-likeness (QED) is 0.905. The molecule has 26 heavy (non-hydrogen) atoms. The van der Waals surface area contributed by atoms with Gasteiger partial charge in [-0.2, -0.15) is 0 Å². The van der Waals surface area contributed by atoms with E-state index in [0.717, 1.165) is 38.1 Å². The van der Waals surface area contributed by atoms with Crippen LogP contribution in [0.2, 0.25) is 0 Å². The van der Waals surface area contributed by atoms with Crippen molar-refractivity contribution in [3.05, 3.63) is 41.9 Å². The first-order valence-electron chi connectivity index (χ1n) is 8.65. The molecule has 2 bridgehead atoms. The van der Waals surface area contributed by atoms with E-state index < -0.39 is 17.5 Å². The summed E-state index contributed by atoms with van der Waals surface area (Å²) in [5.41, 5.74) is 0. The molecule has 1 N–H and O–H groups in total. The number of rotatable bonds is 4. The first-order chi connectivity index (χ1) is 12.5. The molecule has 3 aliphatic heterocycles. The average molecular weight is 363 g/mol. The van der Waals surface area contributed by atoms with Crippen LogP contribution in [0.4, 0.5) is 8.78 Å². The highest BCUT2D eigenvalue weighted by Gasteiger charge is 2.40. The van der Waals surface area contributed by atoms with Crippen LogP contribution in [0.15, 0.2) is 28.8 Å². The van der Waals surface area contributed by atoms with Crippen molar-refractivity contribution in [2.24, 2.45) is 5.92 Å². The maximum atomic E-state index is 13.2. The first kappa shape index (κ1) is 17.0. The van der Waals surface area contributed by atoms with Crippen LogP contribution in [0.5, 0.6) is 11.7 Å². The van der Waals surface area contributed by atoms with E-state index in [0.29, 0.717) is 5.92 Å². The number of carbonyl (C=O) groups is 1. The maximum absolute atomic E-state index is 13.2. The number of ether oxygens (including phenoxy) is 1. The van der Waals surface area contributed by atoms with Gasteiger partial charge < -0.3 is 14.5 Å². The molecular formula is C18H19F2N3O3. The van der Waals surface area contributed by atoms with Crippen molar-refractivity contribution >= 4 is 5.91 Å². The molecule has 3 aliphatic rings. The molecule has 1 amide bonds. The largest absolute Gasteiger partial charge is 0.425 e. The number of benzene rings is 1. The average Bonchev–Trinajstić information content (AvgIpc) is 3.10. The Morgan fingerprint density at radius 3 is 2.77 bits per heavy atom. The number of amides is 1. The Morgan fingerprint density at radius 2 is 2.08 bits per heavy atom. The monoisotopic (exact) mass is 363 g/mol. The summed E-state index contributed by atoms with van der Waals surface area (Å²) in [6, 6.07) is 3.44. The molecular weight excluding hydrogens is 344 g/mol. The number of hydrogen-bond acceptors (Lipinski definition) is 5. The number of fused-ring (bicyclic) bond motifs is 3. The minimum atomic E-state index is -1.03. The predicted octanol–water partition coefficient (Wildman–Crippen LogP) is 2.96. The summed E-state index contributed by atoms with van der Waals surface area (Å²) in [5.74, 6) is -2.08. The fourth-order valence-corrected chi connectivity index (χ4v) is 3.83. The fraction of sp³-hybridized carbons (Fsp3) is 0.444. The number of piperidine rings is 3. The van der Waals surface area contributed by atoms with Crippen molar-refractivity contribution in [3.63, 3.8) is 0 Å². The molecule has 4 heterocycles. The molecule has 2 aromatic rings. The molecule has 0 spiro atoms.